The number of carbonyl (C=O) groups excluding carboxylic acids is 2. The van der Waals surface area contributed by atoms with Gasteiger partial charge in [0.1, 0.15) is 0 Å². The van der Waals surface area contributed by atoms with Crippen molar-refractivity contribution in [3.63, 3.8) is 0 Å². The summed E-state index contributed by atoms with van der Waals surface area (Å²) in [5.41, 5.74) is 1.12. The monoisotopic (exact) mass is 436 g/mol. The summed E-state index contributed by atoms with van der Waals surface area (Å²) in [6.07, 6.45) is 0. The van der Waals surface area contributed by atoms with Gasteiger partial charge in [0.2, 0.25) is 0 Å². The van der Waals surface area contributed by atoms with Gasteiger partial charge in [-0.15, -0.1) is 0 Å². The highest BCUT2D eigenvalue weighted by Crippen LogP contribution is 2.32. The van der Waals surface area contributed by atoms with Crippen LogP contribution in [0.3, 0.4) is 0 Å². The number of benzene rings is 4. The van der Waals surface area contributed by atoms with E-state index in [0.29, 0.717) is 22.5 Å². The van der Waals surface area contributed by atoms with Crippen molar-refractivity contribution in [2.24, 2.45) is 0 Å². The van der Waals surface area contributed by atoms with Gasteiger partial charge in [0, 0.05) is 5.69 Å². The molecule has 5 heteroatoms. The van der Waals surface area contributed by atoms with Gasteiger partial charge in [0.15, 0.2) is 5.60 Å². The van der Waals surface area contributed by atoms with Crippen molar-refractivity contribution in [2.45, 2.75) is 12.5 Å². The van der Waals surface area contributed by atoms with E-state index in [9.17, 15) is 14.7 Å². The molecule has 164 valence electrons. The molecule has 0 saturated carbocycles. The first-order valence-corrected chi connectivity index (χ1v) is 10.6. The maximum absolute atomic E-state index is 13.5. The third-order valence-corrected chi connectivity index (χ3v) is 5.52. The Hall–Kier alpha value is -4.22. The van der Waals surface area contributed by atoms with Crippen LogP contribution in [0.25, 0.3) is 0 Å². The molecule has 0 atom stereocenters. The molecule has 0 heterocycles. The standard InChI is InChI=1S/C28H24N2O3/c1-20-12-8-10-18-24(20)29-26(31)23-17-9-11-19-25(23)30-27(32)28(33,21-13-4-2-5-14-21)22-15-6-3-7-16-22/h2-19,33H,1H3,(H,29,31)(H,30,32). The second-order valence-corrected chi connectivity index (χ2v) is 7.71. The van der Waals surface area contributed by atoms with Gasteiger partial charge in [-0.25, -0.2) is 0 Å². The highest BCUT2D eigenvalue weighted by molar-refractivity contribution is 6.11. The number of nitrogens with one attached hydrogen (secondary N) is 2. The number of carbonyl (C=O) groups is 2. The number of hydrogen-bond donors (Lipinski definition) is 3. The Morgan fingerprint density at radius 3 is 1.70 bits per heavy atom. The Kier molecular flexibility index (Phi) is 6.33. The van der Waals surface area contributed by atoms with Crippen molar-refractivity contribution in [2.75, 3.05) is 10.6 Å². The van der Waals surface area contributed by atoms with Crippen LogP contribution in [0, 0.1) is 6.92 Å². The molecule has 0 aliphatic carbocycles. The second kappa shape index (κ2) is 9.51. The molecule has 0 radical (unpaired) electrons. The summed E-state index contributed by atoms with van der Waals surface area (Å²) in [5, 5.41) is 17.3. The molecule has 0 aliphatic heterocycles. The smallest absolute Gasteiger partial charge is 0.265 e. The summed E-state index contributed by atoms with van der Waals surface area (Å²) < 4.78 is 0. The maximum atomic E-state index is 13.5. The van der Waals surface area contributed by atoms with Gasteiger partial charge in [-0.1, -0.05) is 91.0 Å². The van der Waals surface area contributed by atoms with E-state index >= 15 is 0 Å². The topological polar surface area (TPSA) is 78.4 Å². The Balaban J connectivity index is 1.68. The summed E-state index contributed by atoms with van der Waals surface area (Å²) in [4.78, 5) is 26.6. The predicted octanol–water partition coefficient (Wildman–Crippen LogP) is 5.12. The number of amides is 2. The van der Waals surface area contributed by atoms with Gasteiger partial charge in [0.05, 0.1) is 11.3 Å². The van der Waals surface area contributed by atoms with Crippen molar-refractivity contribution in [1.82, 2.24) is 0 Å². The van der Waals surface area contributed by atoms with Gasteiger partial charge in [0.25, 0.3) is 11.8 Å². The van der Waals surface area contributed by atoms with E-state index in [2.05, 4.69) is 10.6 Å². The number of para-hydroxylation sites is 2. The minimum atomic E-state index is -1.94. The van der Waals surface area contributed by atoms with Crippen molar-refractivity contribution >= 4 is 23.2 Å². The third kappa shape index (κ3) is 4.54. The van der Waals surface area contributed by atoms with Crippen LogP contribution in [0.15, 0.2) is 109 Å². The third-order valence-electron chi connectivity index (χ3n) is 5.52. The molecule has 33 heavy (non-hydrogen) atoms. The van der Waals surface area contributed by atoms with Crippen molar-refractivity contribution in [3.8, 4) is 0 Å². The Labute approximate surface area is 192 Å². The normalized spacial score (nSPS) is 11.0. The molecule has 4 rings (SSSR count). The summed E-state index contributed by atoms with van der Waals surface area (Å²) in [7, 11) is 0. The van der Waals surface area contributed by atoms with Crippen LogP contribution in [0.1, 0.15) is 27.0 Å². The molecular weight excluding hydrogens is 412 g/mol. The lowest BCUT2D eigenvalue weighted by Crippen LogP contribution is -2.41. The molecule has 0 aromatic heterocycles. The lowest BCUT2D eigenvalue weighted by molar-refractivity contribution is -0.131. The van der Waals surface area contributed by atoms with Crippen LogP contribution in [0.5, 0.6) is 0 Å². The lowest BCUT2D eigenvalue weighted by atomic mass is 9.85. The molecule has 5 nitrogen and oxygen atoms in total. The van der Waals surface area contributed by atoms with Crippen LogP contribution in [-0.4, -0.2) is 16.9 Å². The lowest BCUT2D eigenvalue weighted by Gasteiger charge is -2.28. The van der Waals surface area contributed by atoms with Gasteiger partial charge < -0.3 is 15.7 Å². The Morgan fingerprint density at radius 2 is 1.12 bits per heavy atom. The first-order chi connectivity index (χ1) is 16.0. The molecular formula is C28H24N2O3. The first kappa shape index (κ1) is 22.0. The van der Waals surface area contributed by atoms with E-state index < -0.39 is 11.5 Å². The zero-order chi connectivity index (χ0) is 23.3. The van der Waals surface area contributed by atoms with Crippen LogP contribution in [-0.2, 0) is 10.4 Å². The predicted molar refractivity (Wildman–Crippen MR) is 130 cm³/mol. The van der Waals surface area contributed by atoms with Crippen molar-refractivity contribution in [1.29, 1.82) is 0 Å². The van der Waals surface area contributed by atoms with Crippen LogP contribution >= 0.6 is 0 Å². The molecule has 0 fully saturated rings. The molecule has 0 saturated heterocycles. The first-order valence-electron chi connectivity index (χ1n) is 10.6. The fourth-order valence-corrected chi connectivity index (χ4v) is 3.69. The van der Waals surface area contributed by atoms with Crippen LogP contribution in [0.2, 0.25) is 0 Å². The largest absolute Gasteiger partial charge is 0.372 e. The number of rotatable bonds is 6. The van der Waals surface area contributed by atoms with Crippen LogP contribution < -0.4 is 10.6 Å². The average Bonchev–Trinajstić information content (AvgIpc) is 2.86. The molecule has 0 aliphatic rings. The number of aryl methyl sites for hydroxylation is 1. The van der Waals surface area contributed by atoms with E-state index in [1.54, 1.807) is 72.8 Å². The molecule has 0 bridgehead atoms. The minimum Gasteiger partial charge on any atom is -0.372 e. The van der Waals surface area contributed by atoms with Gasteiger partial charge >= 0.3 is 0 Å². The van der Waals surface area contributed by atoms with E-state index in [0.717, 1.165) is 5.56 Å². The fourth-order valence-electron chi connectivity index (χ4n) is 3.69. The zero-order valence-corrected chi connectivity index (χ0v) is 18.2. The number of aliphatic hydroxyl groups is 1. The highest BCUT2D eigenvalue weighted by atomic mass is 16.3. The summed E-state index contributed by atoms with van der Waals surface area (Å²) in [6, 6.07) is 31.7. The average molecular weight is 437 g/mol. The second-order valence-electron chi connectivity index (χ2n) is 7.71. The van der Waals surface area contributed by atoms with Crippen LogP contribution in [0.4, 0.5) is 11.4 Å². The Morgan fingerprint density at radius 1 is 0.636 bits per heavy atom. The van der Waals surface area contributed by atoms with Crippen molar-refractivity contribution < 1.29 is 14.7 Å². The van der Waals surface area contributed by atoms with Gasteiger partial charge in [-0.2, -0.15) is 0 Å². The molecule has 4 aromatic carbocycles. The van der Waals surface area contributed by atoms with E-state index in [-0.39, 0.29) is 11.5 Å². The number of hydrogen-bond acceptors (Lipinski definition) is 3. The van der Waals surface area contributed by atoms with E-state index in [1.807, 2.05) is 43.3 Å². The molecule has 0 spiro atoms. The van der Waals surface area contributed by atoms with E-state index in [1.165, 1.54) is 0 Å². The van der Waals surface area contributed by atoms with Gasteiger partial charge in [-0.05, 0) is 41.8 Å². The molecule has 2 amide bonds. The number of anilines is 2. The summed E-state index contributed by atoms with van der Waals surface area (Å²) in [5.74, 6) is -1.01. The maximum Gasteiger partial charge on any atom is 0.265 e. The zero-order valence-electron chi connectivity index (χ0n) is 18.2. The quantitative estimate of drug-likeness (QED) is 0.392. The minimum absolute atomic E-state index is 0.289. The van der Waals surface area contributed by atoms with Crippen molar-refractivity contribution in [3.05, 3.63) is 131 Å². The van der Waals surface area contributed by atoms with E-state index in [4.69, 9.17) is 0 Å². The summed E-state index contributed by atoms with van der Waals surface area (Å²) in [6.45, 7) is 1.91. The molecule has 3 N–H and O–H groups in total. The fraction of sp³-hybridized carbons (Fsp3) is 0.0714. The SMILES string of the molecule is Cc1ccccc1NC(=O)c1ccccc1NC(=O)C(O)(c1ccccc1)c1ccccc1. The molecule has 4 aromatic rings. The Bertz CT molecular complexity index is 1230. The van der Waals surface area contributed by atoms with Gasteiger partial charge in [-0.3, -0.25) is 9.59 Å². The highest BCUT2D eigenvalue weighted by Gasteiger charge is 2.40. The summed E-state index contributed by atoms with van der Waals surface area (Å²) >= 11 is 0. The molecule has 0 unspecified atom stereocenters.